The number of anilines is 1. The standard InChI is InChI=1S/C20H20N2O5S/c1-11-7-8-13(18(25)17(11)24)20(26)27-10-16(23)22-19-14(9-21)12-5-3-2-4-6-15(12)28-19/h7-8,24-25H,2-6,10H2,1H3,(H,22,23). The maximum Gasteiger partial charge on any atom is 0.342 e. The average molecular weight is 400 g/mol. The number of esters is 1. The van der Waals surface area contributed by atoms with E-state index in [0.29, 0.717) is 16.1 Å². The SMILES string of the molecule is Cc1ccc(C(=O)OCC(=O)Nc2sc3c(c2C#N)CCCCC3)c(O)c1O. The van der Waals surface area contributed by atoms with Gasteiger partial charge in [-0.15, -0.1) is 11.3 Å². The van der Waals surface area contributed by atoms with E-state index in [1.807, 2.05) is 0 Å². The number of amides is 1. The van der Waals surface area contributed by atoms with Crippen molar-refractivity contribution in [1.29, 1.82) is 5.26 Å². The van der Waals surface area contributed by atoms with Crippen LogP contribution in [0, 0.1) is 18.3 Å². The summed E-state index contributed by atoms with van der Waals surface area (Å²) in [5.74, 6) is -2.49. The zero-order chi connectivity index (χ0) is 20.3. The van der Waals surface area contributed by atoms with Crippen LogP contribution in [0.25, 0.3) is 0 Å². The molecule has 1 aliphatic rings. The first-order valence-electron chi connectivity index (χ1n) is 8.95. The van der Waals surface area contributed by atoms with Crippen molar-refractivity contribution in [3.63, 3.8) is 0 Å². The first-order valence-corrected chi connectivity index (χ1v) is 9.77. The zero-order valence-electron chi connectivity index (χ0n) is 15.4. The van der Waals surface area contributed by atoms with E-state index in [0.717, 1.165) is 42.5 Å². The van der Waals surface area contributed by atoms with Crippen LogP contribution in [-0.4, -0.2) is 28.7 Å². The number of thiophene rings is 1. The van der Waals surface area contributed by atoms with Gasteiger partial charge in [-0.2, -0.15) is 5.26 Å². The van der Waals surface area contributed by atoms with Crippen LogP contribution in [0.2, 0.25) is 0 Å². The van der Waals surface area contributed by atoms with Crippen molar-refractivity contribution in [2.75, 3.05) is 11.9 Å². The number of aromatic hydroxyl groups is 2. The minimum atomic E-state index is -0.926. The number of phenolic OH excluding ortho intramolecular Hbond substituents is 2. The van der Waals surface area contributed by atoms with Crippen molar-refractivity contribution in [1.82, 2.24) is 0 Å². The van der Waals surface area contributed by atoms with Gasteiger partial charge in [-0.3, -0.25) is 4.79 Å². The number of nitrogens with zero attached hydrogens (tertiary/aromatic N) is 1. The van der Waals surface area contributed by atoms with Gasteiger partial charge in [-0.25, -0.2) is 4.79 Å². The largest absolute Gasteiger partial charge is 0.504 e. The fourth-order valence-electron chi connectivity index (χ4n) is 3.17. The molecule has 0 spiro atoms. The Kier molecular flexibility index (Phi) is 5.85. The lowest BCUT2D eigenvalue weighted by Crippen LogP contribution is -2.21. The summed E-state index contributed by atoms with van der Waals surface area (Å²) in [7, 11) is 0. The Morgan fingerprint density at radius 1 is 1.21 bits per heavy atom. The molecule has 1 aromatic heterocycles. The zero-order valence-corrected chi connectivity index (χ0v) is 16.2. The Morgan fingerprint density at radius 3 is 2.71 bits per heavy atom. The van der Waals surface area contributed by atoms with Crippen LogP contribution in [0.15, 0.2) is 12.1 Å². The average Bonchev–Trinajstić information content (AvgIpc) is 2.83. The molecular formula is C20H20N2O5S. The summed E-state index contributed by atoms with van der Waals surface area (Å²) in [6, 6.07) is 4.95. The van der Waals surface area contributed by atoms with Gasteiger partial charge in [-0.1, -0.05) is 12.5 Å². The predicted molar refractivity (Wildman–Crippen MR) is 104 cm³/mol. The summed E-state index contributed by atoms with van der Waals surface area (Å²) in [5.41, 5.74) is 1.68. The summed E-state index contributed by atoms with van der Waals surface area (Å²) in [6.45, 7) is 1.01. The van der Waals surface area contributed by atoms with Crippen LogP contribution in [0.4, 0.5) is 5.00 Å². The first kappa shape index (κ1) is 19.7. The molecule has 1 aliphatic carbocycles. The summed E-state index contributed by atoms with van der Waals surface area (Å²) in [6.07, 6.45) is 4.95. The number of hydrogen-bond donors (Lipinski definition) is 3. The third-order valence-electron chi connectivity index (χ3n) is 4.69. The highest BCUT2D eigenvalue weighted by atomic mass is 32.1. The third-order valence-corrected chi connectivity index (χ3v) is 5.90. The molecule has 0 unspecified atom stereocenters. The van der Waals surface area contributed by atoms with E-state index in [1.54, 1.807) is 6.92 Å². The van der Waals surface area contributed by atoms with Crippen LogP contribution in [0.1, 0.15) is 51.2 Å². The first-order chi connectivity index (χ1) is 13.4. The van der Waals surface area contributed by atoms with Crippen molar-refractivity contribution in [3.05, 3.63) is 39.3 Å². The quantitative estimate of drug-likeness (QED) is 0.411. The number of ether oxygens (including phenoxy) is 1. The third kappa shape index (κ3) is 3.94. The maximum atomic E-state index is 12.2. The van der Waals surface area contributed by atoms with Gasteiger partial charge < -0.3 is 20.3 Å². The number of carbonyl (C=O) groups excluding carboxylic acids is 2. The molecule has 0 atom stereocenters. The number of phenols is 2. The summed E-state index contributed by atoms with van der Waals surface area (Å²) in [5, 5.41) is 32.2. The lowest BCUT2D eigenvalue weighted by atomic mass is 10.1. The fourth-order valence-corrected chi connectivity index (χ4v) is 4.42. The maximum absolute atomic E-state index is 12.2. The van der Waals surface area contributed by atoms with Gasteiger partial charge >= 0.3 is 5.97 Å². The van der Waals surface area contributed by atoms with Gasteiger partial charge in [0.1, 0.15) is 16.6 Å². The normalized spacial score (nSPS) is 13.1. The molecule has 146 valence electrons. The Labute approximate surface area is 166 Å². The summed E-state index contributed by atoms with van der Waals surface area (Å²) in [4.78, 5) is 25.4. The highest BCUT2D eigenvalue weighted by Crippen LogP contribution is 2.37. The molecule has 0 bridgehead atoms. The molecular weight excluding hydrogens is 380 g/mol. The lowest BCUT2D eigenvalue weighted by Gasteiger charge is -2.09. The van der Waals surface area contributed by atoms with Gasteiger partial charge in [0.05, 0.1) is 5.56 Å². The predicted octanol–water partition coefficient (Wildman–Crippen LogP) is 3.40. The molecule has 8 heteroatoms. The highest BCUT2D eigenvalue weighted by molar-refractivity contribution is 7.16. The second-order valence-corrected chi connectivity index (χ2v) is 7.74. The van der Waals surface area contributed by atoms with E-state index < -0.39 is 30.0 Å². The minimum Gasteiger partial charge on any atom is -0.504 e. The van der Waals surface area contributed by atoms with Crippen LogP contribution in [0.5, 0.6) is 11.5 Å². The van der Waals surface area contributed by atoms with Gasteiger partial charge in [0.25, 0.3) is 5.91 Å². The van der Waals surface area contributed by atoms with Gasteiger partial charge in [0.15, 0.2) is 18.1 Å². The van der Waals surface area contributed by atoms with E-state index in [-0.39, 0.29) is 5.56 Å². The second kappa shape index (κ2) is 8.31. The molecule has 7 nitrogen and oxygen atoms in total. The molecule has 0 radical (unpaired) electrons. The number of aryl methyl sites for hydroxylation is 2. The van der Waals surface area contributed by atoms with E-state index in [9.17, 15) is 25.1 Å². The van der Waals surface area contributed by atoms with Gasteiger partial charge in [-0.05, 0) is 49.8 Å². The second-order valence-electron chi connectivity index (χ2n) is 6.63. The van der Waals surface area contributed by atoms with Crippen LogP contribution < -0.4 is 5.32 Å². The molecule has 0 aliphatic heterocycles. The van der Waals surface area contributed by atoms with Crippen LogP contribution in [-0.2, 0) is 22.4 Å². The lowest BCUT2D eigenvalue weighted by molar-refractivity contribution is -0.119. The smallest absolute Gasteiger partial charge is 0.342 e. The number of nitriles is 1. The van der Waals surface area contributed by atoms with Crippen LogP contribution in [0.3, 0.4) is 0 Å². The van der Waals surface area contributed by atoms with E-state index in [2.05, 4.69) is 11.4 Å². The molecule has 1 heterocycles. The Morgan fingerprint density at radius 2 is 1.96 bits per heavy atom. The monoisotopic (exact) mass is 400 g/mol. The Balaban J connectivity index is 1.66. The number of carbonyl (C=O) groups is 2. The van der Waals surface area contributed by atoms with Crippen molar-refractivity contribution in [3.8, 4) is 17.6 Å². The topological polar surface area (TPSA) is 120 Å². The highest BCUT2D eigenvalue weighted by Gasteiger charge is 2.22. The molecule has 1 aromatic carbocycles. The number of benzene rings is 1. The molecule has 3 rings (SSSR count). The van der Waals surface area contributed by atoms with E-state index in [4.69, 9.17) is 4.74 Å². The van der Waals surface area contributed by atoms with E-state index >= 15 is 0 Å². The summed E-state index contributed by atoms with van der Waals surface area (Å²) >= 11 is 1.40. The number of fused-ring (bicyclic) bond motifs is 1. The number of rotatable bonds is 4. The van der Waals surface area contributed by atoms with Crippen LogP contribution >= 0.6 is 11.3 Å². The molecule has 2 aromatic rings. The fraction of sp³-hybridized carbons (Fsp3) is 0.350. The molecule has 0 saturated carbocycles. The number of nitrogens with one attached hydrogen (secondary N) is 1. The number of hydrogen-bond acceptors (Lipinski definition) is 7. The molecule has 0 fully saturated rings. The van der Waals surface area contributed by atoms with Crippen molar-refractivity contribution in [2.45, 2.75) is 39.0 Å². The molecule has 1 amide bonds. The van der Waals surface area contributed by atoms with Crippen molar-refractivity contribution < 1.29 is 24.5 Å². The molecule has 3 N–H and O–H groups in total. The Hall–Kier alpha value is -3.05. The minimum absolute atomic E-state index is 0.226. The van der Waals surface area contributed by atoms with E-state index in [1.165, 1.54) is 23.5 Å². The summed E-state index contributed by atoms with van der Waals surface area (Å²) < 4.78 is 4.93. The van der Waals surface area contributed by atoms with Crippen molar-refractivity contribution in [2.24, 2.45) is 0 Å². The van der Waals surface area contributed by atoms with Gasteiger partial charge in [0.2, 0.25) is 0 Å². The van der Waals surface area contributed by atoms with Crippen molar-refractivity contribution >= 4 is 28.2 Å². The molecule has 28 heavy (non-hydrogen) atoms. The molecule has 0 saturated heterocycles. The Bertz CT molecular complexity index is 974. The van der Waals surface area contributed by atoms with Gasteiger partial charge in [0, 0.05) is 4.88 Å².